The van der Waals surface area contributed by atoms with Crippen molar-refractivity contribution in [3.8, 4) is 0 Å². The van der Waals surface area contributed by atoms with E-state index < -0.39 is 40.8 Å². The van der Waals surface area contributed by atoms with Gasteiger partial charge in [-0.1, -0.05) is 13.8 Å². The number of hydrogen-bond acceptors (Lipinski definition) is 4. The normalized spacial score (nSPS) is 12.4. The molecule has 0 spiro atoms. The van der Waals surface area contributed by atoms with Crippen molar-refractivity contribution in [1.82, 2.24) is 14.2 Å². The number of halogens is 3. The number of aromatic nitrogens is 1. The predicted molar refractivity (Wildman–Crippen MR) is 79.9 cm³/mol. The lowest BCUT2D eigenvalue weighted by molar-refractivity contribution is -0.138. The number of amides is 1. The number of carbonyl (C=O) groups excluding carboxylic acids is 1. The number of alkyl halides is 3. The summed E-state index contributed by atoms with van der Waals surface area (Å²) in [5, 5.41) is 1.62. The topological polar surface area (TPSA) is 88.5 Å². The fourth-order valence-corrected chi connectivity index (χ4v) is 3.39. The zero-order valence-corrected chi connectivity index (χ0v) is 13.9. The fourth-order valence-electron chi connectivity index (χ4n) is 1.91. The highest BCUT2D eigenvalue weighted by Gasteiger charge is 2.28. The molecule has 0 fully saturated rings. The summed E-state index contributed by atoms with van der Waals surface area (Å²) in [5.41, 5.74) is -0.698. The average molecular weight is 369 g/mol. The molecule has 0 saturated heterocycles. The van der Waals surface area contributed by atoms with Crippen molar-refractivity contribution in [2.75, 3.05) is 19.6 Å². The Labute approximate surface area is 137 Å². The lowest BCUT2D eigenvalue weighted by atomic mass is 10.4. The summed E-state index contributed by atoms with van der Waals surface area (Å²) >= 11 is 0. The number of hydrogen-bond donors (Lipinski definition) is 1. The molecule has 0 saturated carbocycles. The molecular formula is C13H18F3N3O4S. The number of nitrogens with zero attached hydrogens (tertiary/aromatic N) is 2. The lowest BCUT2D eigenvalue weighted by Crippen LogP contribution is -2.38. The van der Waals surface area contributed by atoms with E-state index in [4.69, 9.17) is 0 Å². The number of pyridine rings is 1. The Kier molecular flexibility index (Phi) is 6.55. The van der Waals surface area contributed by atoms with Crippen LogP contribution in [0.15, 0.2) is 28.0 Å². The summed E-state index contributed by atoms with van der Waals surface area (Å²) in [6, 6.07) is 2.05. The minimum Gasteiger partial charge on any atom is -0.345 e. The van der Waals surface area contributed by atoms with Crippen molar-refractivity contribution < 1.29 is 26.4 Å². The first kappa shape index (κ1) is 20.2. The third kappa shape index (κ3) is 5.34. The number of carbonyl (C=O) groups is 1. The second kappa shape index (κ2) is 7.79. The second-order valence-electron chi connectivity index (χ2n) is 4.81. The van der Waals surface area contributed by atoms with Gasteiger partial charge in [0.15, 0.2) is 0 Å². The van der Waals surface area contributed by atoms with Crippen molar-refractivity contribution in [2.24, 2.45) is 0 Å². The van der Waals surface area contributed by atoms with Crippen LogP contribution in [-0.4, -0.2) is 49.0 Å². The molecule has 136 valence electrons. The van der Waals surface area contributed by atoms with Crippen LogP contribution in [0.3, 0.4) is 0 Å². The van der Waals surface area contributed by atoms with E-state index in [-0.39, 0.29) is 18.0 Å². The van der Waals surface area contributed by atoms with Crippen molar-refractivity contribution in [1.29, 1.82) is 0 Å². The highest BCUT2D eigenvalue weighted by Crippen LogP contribution is 2.14. The molecule has 24 heavy (non-hydrogen) atoms. The SMILES string of the molecule is CCN(CC)S(=O)(=O)c1ccc(=O)n(CC(=O)NCC(F)(F)F)c1. The highest BCUT2D eigenvalue weighted by molar-refractivity contribution is 7.89. The molecule has 0 aliphatic carbocycles. The summed E-state index contributed by atoms with van der Waals surface area (Å²) in [5.74, 6) is -1.05. The van der Waals surface area contributed by atoms with E-state index in [0.717, 1.165) is 27.2 Å². The Morgan fingerprint density at radius 3 is 2.33 bits per heavy atom. The van der Waals surface area contributed by atoms with Crippen LogP contribution in [0.1, 0.15) is 13.8 Å². The molecule has 0 atom stereocenters. The van der Waals surface area contributed by atoms with Crippen LogP contribution < -0.4 is 10.9 Å². The largest absolute Gasteiger partial charge is 0.405 e. The molecule has 0 bridgehead atoms. The third-order valence-electron chi connectivity index (χ3n) is 3.10. The minimum absolute atomic E-state index is 0.212. The Morgan fingerprint density at radius 2 is 1.83 bits per heavy atom. The Bertz CT molecular complexity index is 740. The summed E-state index contributed by atoms with van der Waals surface area (Å²) in [4.78, 5) is 23.0. The van der Waals surface area contributed by atoms with Gasteiger partial charge in [-0.2, -0.15) is 17.5 Å². The summed E-state index contributed by atoms with van der Waals surface area (Å²) in [6.45, 7) is 1.46. The molecule has 0 unspecified atom stereocenters. The summed E-state index contributed by atoms with van der Waals surface area (Å²) in [7, 11) is -3.85. The van der Waals surface area contributed by atoms with Crippen LogP contribution in [-0.2, 0) is 21.4 Å². The lowest BCUT2D eigenvalue weighted by Gasteiger charge is -2.19. The van der Waals surface area contributed by atoms with Crippen LogP contribution in [0.2, 0.25) is 0 Å². The zero-order valence-electron chi connectivity index (χ0n) is 13.1. The van der Waals surface area contributed by atoms with E-state index in [2.05, 4.69) is 0 Å². The number of sulfonamides is 1. The smallest absolute Gasteiger partial charge is 0.345 e. The maximum absolute atomic E-state index is 12.4. The van der Waals surface area contributed by atoms with Crippen molar-refractivity contribution in [3.05, 3.63) is 28.7 Å². The molecule has 0 radical (unpaired) electrons. The molecule has 11 heteroatoms. The van der Waals surface area contributed by atoms with Gasteiger partial charge >= 0.3 is 6.18 Å². The van der Waals surface area contributed by atoms with Crippen LogP contribution >= 0.6 is 0 Å². The van der Waals surface area contributed by atoms with Gasteiger partial charge in [0, 0.05) is 25.4 Å². The Hall–Kier alpha value is -1.88. The van der Waals surface area contributed by atoms with Gasteiger partial charge in [0.2, 0.25) is 15.9 Å². The first-order valence-corrected chi connectivity index (χ1v) is 8.49. The molecule has 7 nitrogen and oxygen atoms in total. The summed E-state index contributed by atoms with van der Waals surface area (Å²) in [6.07, 6.45) is -3.63. The maximum Gasteiger partial charge on any atom is 0.405 e. The van der Waals surface area contributed by atoms with Crippen molar-refractivity contribution in [3.63, 3.8) is 0 Å². The van der Waals surface area contributed by atoms with Crippen molar-refractivity contribution in [2.45, 2.75) is 31.5 Å². The van der Waals surface area contributed by atoms with Crippen LogP contribution in [0.5, 0.6) is 0 Å². The van der Waals surface area contributed by atoms with Gasteiger partial charge in [-0.3, -0.25) is 9.59 Å². The van der Waals surface area contributed by atoms with E-state index in [9.17, 15) is 31.2 Å². The number of rotatable bonds is 7. The van der Waals surface area contributed by atoms with Gasteiger partial charge in [0.25, 0.3) is 5.56 Å². The Morgan fingerprint density at radius 1 is 1.25 bits per heavy atom. The first-order chi connectivity index (χ1) is 11.0. The van der Waals surface area contributed by atoms with Gasteiger partial charge < -0.3 is 9.88 Å². The van der Waals surface area contributed by atoms with Crippen molar-refractivity contribution >= 4 is 15.9 Å². The van der Waals surface area contributed by atoms with Gasteiger partial charge in [0.1, 0.15) is 13.1 Å². The Balaban J connectivity index is 3.03. The van der Waals surface area contributed by atoms with E-state index in [1.165, 1.54) is 0 Å². The van der Waals surface area contributed by atoms with Gasteiger partial charge in [0.05, 0.1) is 4.90 Å². The molecular weight excluding hydrogens is 351 g/mol. The van der Waals surface area contributed by atoms with Gasteiger partial charge in [-0.15, -0.1) is 0 Å². The third-order valence-corrected chi connectivity index (χ3v) is 5.13. The second-order valence-corrected chi connectivity index (χ2v) is 6.75. The molecule has 0 aromatic carbocycles. The van der Waals surface area contributed by atoms with Crippen LogP contribution in [0.4, 0.5) is 13.2 Å². The van der Waals surface area contributed by atoms with Gasteiger partial charge in [-0.05, 0) is 6.07 Å². The number of nitrogens with one attached hydrogen (secondary N) is 1. The monoisotopic (exact) mass is 369 g/mol. The quantitative estimate of drug-likeness (QED) is 0.761. The maximum atomic E-state index is 12.4. The molecule has 0 aliphatic heterocycles. The summed E-state index contributed by atoms with van der Waals surface area (Å²) < 4.78 is 62.8. The standard InChI is InChI=1S/C13H18F3N3O4S/c1-3-19(4-2)24(22,23)10-5-6-12(21)18(7-10)8-11(20)17-9-13(14,15)16/h5-7H,3-4,8-9H2,1-2H3,(H,17,20). The molecule has 1 N–H and O–H groups in total. The van der Waals surface area contributed by atoms with E-state index in [1.807, 2.05) is 0 Å². The van der Waals surface area contributed by atoms with Crippen LogP contribution in [0.25, 0.3) is 0 Å². The molecule has 1 amide bonds. The van der Waals surface area contributed by atoms with E-state index >= 15 is 0 Å². The molecule has 1 aromatic rings. The highest BCUT2D eigenvalue weighted by atomic mass is 32.2. The molecule has 1 heterocycles. The zero-order chi connectivity index (χ0) is 18.5. The first-order valence-electron chi connectivity index (χ1n) is 7.05. The average Bonchev–Trinajstić information content (AvgIpc) is 2.47. The molecule has 1 aromatic heterocycles. The molecule has 1 rings (SSSR count). The predicted octanol–water partition coefficient (Wildman–Crippen LogP) is 0.557. The molecule has 0 aliphatic rings. The van der Waals surface area contributed by atoms with Gasteiger partial charge in [-0.25, -0.2) is 8.42 Å². The minimum atomic E-state index is -4.57. The fraction of sp³-hybridized carbons (Fsp3) is 0.538. The van der Waals surface area contributed by atoms with Crippen LogP contribution in [0, 0.1) is 0 Å². The van der Waals surface area contributed by atoms with E-state index in [1.54, 1.807) is 19.2 Å². The van der Waals surface area contributed by atoms with E-state index in [0.29, 0.717) is 0 Å².